The first kappa shape index (κ1) is 17.2. The number of aryl methyl sites for hydroxylation is 2. The second kappa shape index (κ2) is 7.93. The monoisotopic (exact) mass is 311 g/mol. The zero-order chi connectivity index (χ0) is 16.8. The maximum Gasteiger partial charge on any atom is 0.287 e. The Bertz CT molecular complexity index is 650. The standard InChI is InChI=1S/C20H26N2O/c1-14(2)13-21-19(17-8-6-5-7-9-17)20(23)22-18-12-15(3)10-11-16(18)4/h5-12,14,19,21H,13H2,1-4H3,(H,22,23)/p+1/t19-/m0/s1. The molecular formula is C20H27N2O+. The van der Waals surface area contributed by atoms with Gasteiger partial charge in [-0.05, 0) is 31.0 Å². The second-order valence-corrected chi connectivity index (χ2v) is 6.56. The molecule has 0 aromatic heterocycles. The van der Waals surface area contributed by atoms with Gasteiger partial charge in [0.2, 0.25) is 0 Å². The summed E-state index contributed by atoms with van der Waals surface area (Å²) in [6.07, 6.45) is 0. The minimum absolute atomic E-state index is 0.0329. The van der Waals surface area contributed by atoms with Crippen LogP contribution in [0.1, 0.15) is 36.6 Å². The molecule has 23 heavy (non-hydrogen) atoms. The zero-order valence-electron chi connectivity index (χ0n) is 14.5. The summed E-state index contributed by atoms with van der Waals surface area (Å²) in [6.45, 7) is 9.31. The molecule has 0 saturated heterocycles. The van der Waals surface area contributed by atoms with E-state index < -0.39 is 0 Å². The normalized spacial score (nSPS) is 12.2. The predicted octanol–water partition coefficient (Wildman–Crippen LogP) is 3.20. The molecule has 0 aliphatic carbocycles. The van der Waals surface area contributed by atoms with Gasteiger partial charge < -0.3 is 10.6 Å². The molecule has 2 rings (SSSR count). The molecule has 0 bridgehead atoms. The van der Waals surface area contributed by atoms with E-state index >= 15 is 0 Å². The van der Waals surface area contributed by atoms with Crippen molar-refractivity contribution in [1.29, 1.82) is 0 Å². The molecule has 2 aromatic carbocycles. The number of benzene rings is 2. The molecule has 0 saturated carbocycles. The predicted molar refractivity (Wildman–Crippen MR) is 95.4 cm³/mol. The van der Waals surface area contributed by atoms with Crippen LogP contribution < -0.4 is 10.6 Å². The van der Waals surface area contributed by atoms with Gasteiger partial charge in [-0.2, -0.15) is 0 Å². The van der Waals surface area contributed by atoms with E-state index in [4.69, 9.17) is 0 Å². The number of nitrogens with one attached hydrogen (secondary N) is 1. The highest BCUT2D eigenvalue weighted by atomic mass is 16.2. The van der Waals surface area contributed by atoms with E-state index in [0.717, 1.165) is 28.9 Å². The van der Waals surface area contributed by atoms with Gasteiger partial charge in [0.1, 0.15) is 0 Å². The van der Waals surface area contributed by atoms with Crippen molar-refractivity contribution in [2.45, 2.75) is 33.7 Å². The fourth-order valence-corrected chi connectivity index (χ4v) is 2.54. The topological polar surface area (TPSA) is 45.7 Å². The molecule has 2 aromatic rings. The van der Waals surface area contributed by atoms with Crippen molar-refractivity contribution < 1.29 is 10.1 Å². The number of carbonyl (C=O) groups excluding carboxylic acids is 1. The van der Waals surface area contributed by atoms with Crippen LogP contribution in [0, 0.1) is 19.8 Å². The minimum atomic E-state index is -0.224. The lowest BCUT2D eigenvalue weighted by atomic mass is 10.0. The number of hydrogen-bond donors (Lipinski definition) is 2. The highest BCUT2D eigenvalue weighted by Gasteiger charge is 2.24. The average molecular weight is 311 g/mol. The first-order valence-corrected chi connectivity index (χ1v) is 8.23. The number of nitrogens with two attached hydrogens (primary N) is 1. The molecule has 0 aliphatic rings. The molecule has 0 spiro atoms. The summed E-state index contributed by atoms with van der Waals surface area (Å²) in [4.78, 5) is 12.8. The molecule has 3 nitrogen and oxygen atoms in total. The van der Waals surface area contributed by atoms with E-state index in [1.807, 2.05) is 56.3 Å². The second-order valence-electron chi connectivity index (χ2n) is 6.56. The lowest BCUT2D eigenvalue weighted by molar-refractivity contribution is -0.686. The van der Waals surface area contributed by atoms with Gasteiger partial charge in [-0.25, -0.2) is 0 Å². The molecule has 3 heteroatoms. The lowest BCUT2D eigenvalue weighted by Gasteiger charge is -2.18. The van der Waals surface area contributed by atoms with Crippen molar-refractivity contribution >= 4 is 11.6 Å². The molecular weight excluding hydrogens is 284 g/mol. The lowest BCUT2D eigenvalue weighted by Crippen LogP contribution is -2.88. The van der Waals surface area contributed by atoms with Crippen LogP contribution >= 0.6 is 0 Å². The number of rotatable bonds is 6. The Labute approximate surface area is 139 Å². The number of hydrogen-bond acceptors (Lipinski definition) is 1. The Morgan fingerprint density at radius 1 is 1.09 bits per heavy atom. The van der Waals surface area contributed by atoms with Crippen molar-refractivity contribution in [3.63, 3.8) is 0 Å². The summed E-state index contributed by atoms with van der Waals surface area (Å²) >= 11 is 0. The van der Waals surface area contributed by atoms with Crippen LogP contribution in [0.15, 0.2) is 48.5 Å². The average Bonchev–Trinajstić information content (AvgIpc) is 2.52. The summed E-state index contributed by atoms with van der Waals surface area (Å²) in [5, 5.41) is 5.23. The van der Waals surface area contributed by atoms with Crippen LogP contribution in [0.5, 0.6) is 0 Å². The van der Waals surface area contributed by atoms with Crippen molar-refractivity contribution in [2.24, 2.45) is 5.92 Å². The Hall–Kier alpha value is -2.13. The smallest absolute Gasteiger partial charge is 0.287 e. The van der Waals surface area contributed by atoms with Gasteiger partial charge in [0.25, 0.3) is 5.91 Å². The van der Waals surface area contributed by atoms with Crippen molar-refractivity contribution in [1.82, 2.24) is 0 Å². The molecule has 0 heterocycles. The van der Waals surface area contributed by atoms with Crippen LogP contribution in [0.4, 0.5) is 5.69 Å². The van der Waals surface area contributed by atoms with Crippen LogP contribution in [0.25, 0.3) is 0 Å². The zero-order valence-corrected chi connectivity index (χ0v) is 14.5. The van der Waals surface area contributed by atoms with E-state index in [0.29, 0.717) is 5.92 Å². The van der Waals surface area contributed by atoms with Gasteiger partial charge in [-0.1, -0.05) is 56.3 Å². The SMILES string of the molecule is Cc1ccc(C)c(NC(=O)[C@@H]([NH2+]CC(C)C)c2ccccc2)c1. The summed E-state index contributed by atoms with van der Waals surface area (Å²) < 4.78 is 0. The van der Waals surface area contributed by atoms with Crippen molar-refractivity contribution in [3.8, 4) is 0 Å². The van der Waals surface area contributed by atoms with E-state index in [1.165, 1.54) is 0 Å². The summed E-state index contributed by atoms with van der Waals surface area (Å²) in [7, 11) is 0. The van der Waals surface area contributed by atoms with Gasteiger partial charge in [0.05, 0.1) is 6.54 Å². The van der Waals surface area contributed by atoms with Crippen LogP contribution in [-0.4, -0.2) is 12.5 Å². The Morgan fingerprint density at radius 3 is 2.43 bits per heavy atom. The largest absolute Gasteiger partial charge is 0.332 e. The maximum atomic E-state index is 12.8. The van der Waals surface area contributed by atoms with E-state index in [-0.39, 0.29) is 11.9 Å². The molecule has 0 unspecified atom stereocenters. The third-order valence-corrected chi connectivity index (χ3v) is 3.94. The Kier molecular flexibility index (Phi) is 5.94. The van der Waals surface area contributed by atoms with Gasteiger partial charge in [-0.3, -0.25) is 4.79 Å². The first-order valence-electron chi connectivity index (χ1n) is 8.23. The fraction of sp³-hybridized carbons (Fsp3) is 0.350. The molecule has 1 atom stereocenters. The molecule has 3 N–H and O–H groups in total. The summed E-state index contributed by atoms with van der Waals surface area (Å²) in [5.41, 5.74) is 4.16. The fourth-order valence-electron chi connectivity index (χ4n) is 2.54. The third kappa shape index (κ3) is 4.93. The highest BCUT2D eigenvalue weighted by Crippen LogP contribution is 2.18. The van der Waals surface area contributed by atoms with E-state index in [1.54, 1.807) is 0 Å². The maximum absolute atomic E-state index is 12.8. The summed E-state index contributed by atoms with van der Waals surface area (Å²) in [5.74, 6) is 0.570. The highest BCUT2D eigenvalue weighted by molar-refractivity contribution is 5.95. The van der Waals surface area contributed by atoms with Gasteiger partial charge >= 0.3 is 0 Å². The quantitative estimate of drug-likeness (QED) is 0.845. The number of anilines is 1. The molecule has 0 aliphatic heterocycles. The van der Waals surface area contributed by atoms with Gasteiger partial charge in [0, 0.05) is 17.2 Å². The van der Waals surface area contributed by atoms with E-state index in [2.05, 4.69) is 30.5 Å². The molecule has 1 amide bonds. The van der Waals surface area contributed by atoms with Crippen LogP contribution in [-0.2, 0) is 4.79 Å². The Morgan fingerprint density at radius 2 is 1.78 bits per heavy atom. The Balaban J connectivity index is 2.20. The van der Waals surface area contributed by atoms with Crippen molar-refractivity contribution in [3.05, 3.63) is 65.2 Å². The summed E-state index contributed by atoms with van der Waals surface area (Å²) in [6, 6.07) is 15.9. The third-order valence-electron chi connectivity index (χ3n) is 3.94. The number of amides is 1. The van der Waals surface area contributed by atoms with Gasteiger partial charge in [0.15, 0.2) is 6.04 Å². The molecule has 122 valence electrons. The molecule has 0 radical (unpaired) electrons. The van der Waals surface area contributed by atoms with Gasteiger partial charge in [-0.15, -0.1) is 0 Å². The van der Waals surface area contributed by atoms with Crippen molar-refractivity contribution in [2.75, 3.05) is 11.9 Å². The number of quaternary nitrogens is 1. The van der Waals surface area contributed by atoms with Crippen LogP contribution in [0.2, 0.25) is 0 Å². The molecule has 0 fully saturated rings. The van der Waals surface area contributed by atoms with E-state index in [9.17, 15) is 4.79 Å². The first-order chi connectivity index (χ1) is 11.0. The number of carbonyl (C=O) groups is 1. The minimum Gasteiger partial charge on any atom is -0.332 e. The van der Waals surface area contributed by atoms with Crippen LogP contribution in [0.3, 0.4) is 0 Å².